The number of carbonyl (C=O) groups excluding carboxylic acids is 2. The average Bonchev–Trinajstić information content (AvgIpc) is 3.36. The topological polar surface area (TPSA) is 168 Å². The number of aliphatic hydroxyl groups excluding tert-OH is 2. The van der Waals surface area contributed by atoms with Crippen molar-refractivity contribution in [2.24, 2.45) is 5.92 Å². The summed E-state index contributed by atoms with van der Waals surface area (Å²) in [5.74, 6) is -0.806. The minimum atomic E-state index is -1.98. The number of esters is 1. The van der Waals surface area contributed by atoms with E-state index in [9.17, 15) is 25.1 Å². The van der Waals surface area contributed by atoms with Gasteiger partial charge in [-0.25, -0.2) is 4.79 Å². The molecular weight excluding hydrogens is 446 g/mol. The van der Waals surface area contributed by atoms with Crippen LogP contribution >= 0.6 is 0 Å². The molecule has 1 fully saturated rings. The number of carbonyl (C=O) groups is 2. The number of aliphatic hydroxyl groups is 2. The van der Waals surface area contributed by atoms with Crippen LogP contribution in [0.1, 0.15) is 45.7 Å². The molecule has 0 unspecified atom stereocenters. The van der Waals surface area contributed by atoms with Crippen LogP contribution in [0.5, 0.6) is 0 Å². The van der Waals surface area contributed by atoms with Crippen molar-refractivity contribution >= 4 is 23.4 Å². The predicted octanol–water partition coefficient (Wildman–Crippen LogP) is 1.51. The third-order valence-electron chi connectivity index (χ3n) is 5.55. The second-order valence-corrected chi connectivity index (χ2v) is 8.35. The van der Waals surface area contributed by atoms with Crippen molar-refractivity contribution in [3.63, 3.8) is 0 Å². The van der Waals surface area contributed by atoms with Gasteiger partial charge in [-0.2, -0.15) is 5.26 Å². The van der Waals surface area contributed by atoms with E-state index in [4.69, 9.17) is 14.2 Å². The number of hydrogen-bond donors (Lipinski definition) is 3. The van der Waals surface area contributed by atoms with Crippen LogP contribution in [0.4, 0.5) is 10.6 Å². The first kappa shape index (κ1) is 25.4. The number of hydrogen-bond acceptors (Lipinski definition) is 10. The quantitative estimate of drug-likeness (QED) is 0.357. The van der Waals surface area contributed by atoms with Gasteiger partial charge in [-0.15, -0.1) is 10.2 Å². The van der Waals surface area contributed by atoms with Crippen LogP contribution in [-0.2, 0) is 24.6 Å². The fourth-order valence-corrected chi connectivity index (χ4v) is 3.64. The van der Waals surface area contributed by atoms with E-state index in [0.717, 1.165) is 19.3 Å². The number of nitriles is 1. The fraction of sp³-hybridized carbons (Fsp3) is 0.591. The van der Waals surface area contributed by atoms with Gasteiger partial charge in [-0.05, 0) is 18.6 Å². The maximum atomic E-state index is 12.1. The van der Waals surface area contributed by atoms with Crippen LogP contribution in [0.25, 0.3) is 5.52 Å². The van der Waals surface area contributed by atoms with Gasteiger partial charge in [0.2, 0.25) is 5.60 Å². The Hall–Kier alpha value is -3.27. The largest absolute Gasteiger partial charge is 0.463 e. The van der Waals surface area contributed by atoms with Crippen molar-refractivity contribution in [2.45, 2.75) is 63.9 Å². The Morgan fingerprint density at radius 2 is 2.09 bits per heavy atom. The molecule has 0 spiro atoms. The van der Waals surface area contributed by atoms with Crippen LogP contribution < -0.4 is 5.32 Å². The van der Waals surface area contributed by atoms with Crippen LogP contribution in [-0.4, -0.2) is 68.4 Å². The highest BCUT2D eigenvalue weighted by molar-refractivity contribution is 5.88. The van der Waals surface area contributed by atoms with E-state index in [1.54, 1.807) is 19.9 Å². The fourth-order valence-electron chi connectivity index (χ4n) is 3.64. The molecule has 3 heterocycles. The van der Waals surface area contributed by atoms with Gasteiger partial charge in [0.15, 0.2) is 5.82 Å². The standard InChI is InChI=1S/C22H29N5O7/c1-4-5-6-9-32-21(31)25-19-14-7-8-16(27(14)12-24-26-19)22(11-23)18(29)17(28)15(34-22)10-33-20(30)13(2)3/h7-8,12-13,15,17-18,28-29H,4-6,9-10H2,1-3H3,(H,25,26,31)/t15-,17-,18-,22+/m1/s1. The van der Waals surface area contributed by atoms with E-state index in [1.165, 1.54) is 16.8 Å². The number of nitrogens with one attached hydrogen (secondary N) is 1. The number of aromatic nitrogens is 3. The molecule has 2 aromatic heterocycles. The van der Waals surface area contributed by atoms with Gasteiger partial charge in [-0.1, -0.05) is 33.6 Å². The molecule has 34 heavy (non-hydrogen) atoms. The molecule has 1 aliphatic rings. The van der Waals surface area contributed by atoms with Crippen LogP contribution in [0.2, 0.25) is 0 Å². The second-order valence-electron chi connectivity index (χ2n) is 8.35. The first-order valence-electron chi connectivity index (χ1n) is 11.1. The molecule has 12 nitrogen and oxygen atoms in total. The third kappa shape index (κ3) is 4.96. The van der Waals surface area contributed by atoms with E-state index in [-0.39, 0.29) is 30.6 Å². The predicted molar refractivity (Wildman–Crippen MR) is 117 cm³/mol. The Morgan fingerprint density at radius 3 is 2.76 bits per heavy atom. The van der Waals surface area contributed by atoms with Crippen LogP contribution in [0.15, 0.2) is 18.5 Å². The molecule has 0 aliphatic carbocycles. The summed E-state index contributed by atoms with van der Waals surface area (Å²) >= 11 is 0. The monoisotopic (exact) mass is 475 g/mol. The summed E-state index contributed by atoms with van der Waals surface area (Å²) < 4.78 is 17.5. The van der Waals surface area contributed by atoms with Gasteiger partial charge in [-0.3, -0.25) is 14.5 Å². The molecule has 1 saturated heterocycles. The number of amides is 1. The molecule has 0 radical (unpaired) electrons. The zero-order valence-electron chi connectivity index (χ0n) is 19.3. The zero-order chi connectivity index (χ0) is 24.9. The summed E-state index contributed by atoms with van der Waals surface area (Å²) in [4.78, 5) is 23.9. The van der Waals surface area contributed by atoms with Crippen molar-refractivity contribution < 1.29 is 34.0 Å². The van der Waals surface area contributed by atoms with Crippen molar-refractivity contribution in [1.82, 2.24) is 14.6 Å². The highest BCUT2D eigenvalue weighted by Crippen LogP contribution is 2.40. The maximum absolute atomic E-state index is 12.1. The minimum absolute atomic E-state index is 0.0813. The van der Waals surface area contributed by atoms with Crippen molar-refractivity contribution in [1.29, 1.82) is 5.26 Å². The number of fused-ring (bicyclic) bond motifs is 1. The average molecular weight is 476 g/mol. The van der Waals surface area contributed by atoms with Gasteiger partial charge in [0, 0.05) is 0 Å². The molecular formula is C22H29N5O7. The van der Waals surface area contributed by atoms with E-state index in [0.29, 0.717) is 5.52 Å². The first-order chi connectivity index (χ1) is 16.2. The molecule has 0 bridgehead atoms. The van der Waals surface area contributed by atoms with E-state index >= 15 is 0 Å². The molecule has 184 valence electrons. The SMILES string of the molecule is CCCCCOC(=O)Nc1nncn2c([C@]3(C#N)O[C@H](COC(=O)C(C)C)[C@@H](O)[C@H]3O)ccc12. The second kappa shape index (κ2) is 10.8. The lowest BCUT2D eigenvalue weighted by Gasteiger charge is -2.24. The molecule has 0 aromatic carbocycles. The Labute approximate surface area is 196 Å². The van der Waals surface area contributed by atoms with Crippen molar-refractivity contribution in [3.05, 3.63) is 24.2 Å². The highest BCUT2D eigenvalue weighted by Gasteiger charge is 2.57. The molecule has 1 amide bonds. The normalized spacial score (nSPS) is 24.2. The lowest BCUT2D eigenvalue weighted by Crippen LogP contribution is -2.40. The summed E-state index contributed by atoms with van der Waals surface area (Å²) in [5.41, 5.74) is -1.46. The molecule has 3 N–H and O–H groups in total. The lowest BCUT2D eigenvalue weighted by atomic mass is 9.92. The van der Waals surface area contributed by atoms with Gasteiger partial charge < -0.3 is 24.4 Å². The summed E-state index contributed by atoms with van der Waals surface area (Å²) in [5, 5.41) is 41.5. The summed E-state index contributed by atoms with van der Waals surface area (Å²) in [6.07, 6.45) is -1.01. The summed E-state index contributed by atoms with van der Waals surface area (Å²) in [6.45, 7) is 5.28. The Balaban J connectivity index is 1.83. The van der Waals surface area contributed by atoms with E-state index in [2.05, 4.69) is 15.5 Å². The van der Waals surface area contributed by atoms with Gasteiger partial charge in [0.1, 0.15) is 37.3 Å². The first-order valence-corrected chi connectivity index (χ1v) is 11.1. The molecule has 2 aromatic rings. The summed E-state index contributed by atoms with van der Waals surface area (Å²) in [6, 6.07) is 5.00. The minimum Gasteiger partial charge on any atom is -0.463 e. The molecule has 0 saturated carbocycles. The van der Waals surface area contributed by atoms with Crippen molar-refractivity contribution in [3.8, 4) is 6.07 Å². The number of rotatable bonds is 9. The molecule has 4 atom stereocenters. The van der Waals surface area contributed by atoms with Crippen molar-refractivity contribution in [2.75, 3.05) is 18.5 Å². The van der Waals surface area contributed by atoms with Crippen LogP contribution in [0, 0.1) is 17.2 Å². The van der Waals surface area contributed by atoms with E-state index < -0.39 is 36.0 Å². The van der Waals surface area contributed by atoms with Crippen LogP contribution in [0.3, 0.4) is 0 Å². The highest BCUT2D eigenvalue weighted by atomic mass is 16.6. The molecule has 3 rings (SSSR count). The Morgan fingerprint density at radius 1 is 1.32 bits per heavy atom. The number of unbranched alkanes of at least 4 members (excludes halogenated alkanes) is 2. The van der Waals surface area contributed by atoms with E-state index in [1.807, 2.05) is 13.0 Å². The van der Waals surface area contributed by atoms with Gasteiger partial charge in [0.25, 0.3) is 0 Å². The van der Waals surface area contributed by atoms with Gasteiger partial charge >= 0.3 is 12.1 Å². The Kier molecular flexibility index (Phi) is 8.03. The van der Waals surface area contributed by atoms with Gasteiger partial charge in [0.05, 0.1) is 23.7 Å². The smallest absolute Gasteiger partial charge is 0.412 e. The zero-order valence-corrected chi connectivity index (χ0v) is 19.3. The third-order valence-corrected chi connectivity index (χ3v) is 5.55. The maximum Gasteiger partial charge on any atom is 0.412 e. The number of ether oxygens (including phenoxy) is 3. The number of nitrogens with zero attached hydrogens (tertiary/aromatic N) is 4. The number of anilines is 1. The molecule has 12 heteroatoms. The lowest BCUT2D eigenvalue weighted by molar-refractivity contribution is -0.154. The molecule has 1 aliphatic heterocycles. The Bertz CT molecular complexity index is 1070. The summed E-state index contributed by atoms with van der Waals surface area (Å²) in [7, 11) is 0.